The van der Waals surface area contributed by atoms with E-state index in [1.54, 1.807) is 11.0 Å². The van der Waals surface area contributed by atoms with Crippen molar-refractivity contribution in [2.45, 2.75) is 39.5 Å². The lowest BCUT2D eigenvalue weighted by atomic mass is 10.2. The number of carbonyl (C=O) groups excluding carboxylic acids is 1. The van der Waals surface area contributed by atoms with E-state index in [9.17, 15) is 9.18 Å². The first kappa shape index (κ1) is 16.8. The van der Waals surface area contributed by atoms with E-state index in [0.29, 0.717) is 13.1 Å². The Morgan fingerprint density at radius 2 is 1.85 bits per heavy atom. The number of hydrogen-bond acceptors (Lipinski definition) is 1. The van der Waals surface area contributed by atoms with Crippen LogP contribution in [0.25, 0.3) is 0 Å². The minimum Gasteiger partial charge on any atom is -0.325 e. The summed E-state index contributed by atoms with van der Waals surface area (Å²) in [7, 11) is 0. The van der Waals surface area contributed by atoms with Crippen LogP contribution in [0.5, 0.6) is 0 Å². The van der Waals surface area contributed by atoms with Gasteiger partial charge in [-0.3, -0.25) is 0 Å². The van der Waals surface area contributed by atoms with Crippen LogP contribution in [0.15, 0.2) is 18.2 Å². The maximum atomic E-state index is 13.7. The van der Waals surface area contributed by atoms with Crippen LogP contribution in [0, 0.1) is 5.82 Å². The Bertz CT molecular complexity index is 412. The van der Waals surface area contributed by atoms with Gasteiger partial charge in [-0.15, -0.1) is 0 Å². The van der Waals surface area contributed by atoms with Crippen molar-refractivity contribution in [3.05, 3.63) is 29.0 Å². The van der Waals surface area contributed by atoms with Gasteiger partial charge in [0.05, 0.1) is 10.7 Å². The molecule has 5 heteroatoms. The number of carbonyl (C=O) groups is 1. The molecular formula is C15H22ClFN2O. The third kappa shape index (κ3) is 5.00. The molecule has 112 valence electrons. The summed E-state index contributed by atoms with van der Waals surface area (Å²) in [6.45, 7) is 5.50. The van der Waals surface area contributed by atoms with E-state index in [0.717, 1.165) is 25.7 Å². The number of amides is 2. The fourth-order valence-corrected chi connectivity index (χ4v) is 2.03. The maximum absolute atomic E-state index is 13.7. The Morgan fingerprint density at radius 1 is 1.25 bits per heavy atom. The Balaban J connectivity index is 2.73. The van der Waals surface area contributed by atoms with Crippen LogP contribution in [0.3, 0.4) is 0 Å². The largest absolute Gasteiger partial charge is 0.325 e. The van der Waals surface area contributed by atoms with Crippen molar-refractivity contribution in [2.24, 2.45) is 0 Å². The molecule has 0 heterocycles. The van der Waals surface area contributed by atoms with Crippen LogP contribution in [-0.2, 0) is 0 Å². The Hall–Kier alpha value is -1.29. The van der Waals surface area contributed by atoms with E-state index >= 15 is 0 Å². The first-order valence-corrected chi connectivity index (χ1v) is 7.47. The van der Waals surface area contributed by atoms with E-state index in [2.05, 4.69) is 19.2 Å². The molecule has 1 N–H and O–H groups in total. The Morgan fingerprint density at radius 3 is 2.35 bits per heavy atom. The molecule has 0 spiro atoms. The summed E-state index contributed by atoms with van der Waals surface area (Å²) in [5, 5.41) is 2.79. The lowest BCUT2D eigenvalue weighted by Crippen LogP contribution is -2.36. The molecule has 0 aliphatic heterocycles. The van der Waals surface area contributed by atoms with Gasteiger partial charge in [0.25, 0.3) is 0 Å². The number of anilines is 1. The Labute approximate surface area is 125 Å². The summed E-state index contributed by atoms with van der Waals surface area (Å²) in [5.41, 5.74) is 0.0529. The molecule has 1 aromatic carbocycles. The van der Waals surface area contributed by atoms with Crippen molar-refractivity contribution in [3.63, 3.8) is 0 Å². The van der Waals surface area contributed by atoms with Gasteiger partial charge in [-0.25, -0.2) is 9.18 Å². The van der Waals surface area contributed by atoms with Gasteiger partial charge in [-0.1, -0.05) is 44.4 Å². The van der Waals surface area contributed by atoms with E-state index < -0.39 is 5.82 Å². The fourth-order valence-electron chi connectivity index (χ4n) is 1.82. The van der Waals surface area contributed by atoms with Gasteiger partial charge in [0.2, 0.25) is 0 Å². The van der Waals surface area contributed by atoms with Gasteiger partial charge < -0.3 is 10.2 Å². The molecule has 0 bridgehead atoms. The van der Waals surface area contributed by atoms with Gasteiger partial charge in [-0.2, -0.15) is 0 Å². The van der Waals surface area contributed by atoms with Gasteiger partial charge >= 0.3 is 6.03 Å². The van der Waals surface area contributed by atoms with Gasteiger partial charge in [0, 0.05) is 13.1 Å². The SMILES string of the molecule is CCCCN(CCCC)C(=O)Nc1c(F)cccc1Cl. The molecule has 0 radical (unpaired) electrons. The second-order valence-corrected chi connectivity index (χ2v) is 5.13. The molecule has 0 unspecified atom stereocenters. The van der Waals surface area contributed by atoms with Crippen LogP contribution in [0.1, 0.15) is 39.5 Å². The second kappa shape index (κ2) is 8.80. The van der Waals surface area contributed by atoms with Gasteiger partial charge in [0.15, 0.2) is 0 Å². The molecule has 0 saturated carbocycles. The topological polar surface area (TPSA) is 32.3 Å². The predicted molar refractivity (Wildman–Crippen MR) is 81.8 cm³/mol. The molecule has 0 fully saturated rings. The van der Waals surface area contributed by atoms with Crippen molar-refractivity contribution >= 4 is 23.3 Å². The van der Waals surface area contributed by atoms with Gasteiger partial charge in [-0.05, 0) is 25.0 Å². The number of hydrogen-bond donors (Lipinski definition) is 1. The standard InChI is InChI=1S/C15H22ClFN2O/c1-3-5-10-19(11-6-4-2)15(20)18-14-12(16)8-7-9-13(14)17/h7-9H,3-6,10-11H2,1-2H3,(H,18,20). The van der Waals surface area contributed by atoms with Crippen molar-refractivity contribution in [2.75, 3.05) is 18.4 Å². The zero-order valence-corrected chi connectivity index (χ0v) is 12.8. The molecule has 0 atom stereocenters. The highest BCUT2D eigenvalue weighted by Crippen LogP contribution is 2.24. The van der Waals surface area contributed by atoms with Crippen molar-refractivity contribution in [1.29, 1.82) is 0 Å². The molecule has 1 rings (SSSR count). The van der Waals surface area contributed by atoms with Crippen LogP contribution in [-0.4, -0.2) is 24.0 Å². The van der Waals surface area contributed by atoms with Crippen molar-refractivity contribution in [3.8, 4) is 0 Å². The quantitative estimate of drug-likeness (QED) is 0.762. The van der Waals surface area contributed by atoms with Crippen LogP contribution >= 0.6 is 11.6 Å². The highest BCUT2D eigenvalue weighted by Gasteiger charge is 2.16. The Kier molecular flexibility index (Phi) is 7.37. The smallest absolute Gasteiger partial charge is 0.321 e. The number of para-hydroxylation sites is 1. The number of benzene rings is 1. The number of urea groups is 1. The normalized spacial score (nSPS) is 10.4. The van der Waals surface area contributed by atoms with E-state index in [1.165, 1.54) is 12.1 Å². The molecule has 0 saturated heterocycles. The van der Waals surface area contributed by atoms with E-state index in [4.69, 9.17) is 11.6 Å². The molecule has 20 heavy (non-hydrogen) atoms. The zero-order valence-electron chi connectivity index (χ0n) is 12.1. The highest BCUT2D eigenvalue weighted by molar-refractivity contribution is 6.33. The lowest BCUT2D eigenvalue weighted by Gasteiger charge is -2.23. The van der Waals surface area contributed by atoms with Crippen molar-refractivity contribution in [1.82, 2.24) is 4.90 Å². The summed E-state index contributed by atoms with van der Waals surface area (Å²) in [4.78, 5) is 13.9. The molecule has 0 aromatic heterocycles. The van der Waals surface area contributed by atoms with Crippen LogP contribution < -0.4 is 5.32 Å². The average molecular weight is 301 g/mol. The molecule has 0 aliphatic rings. The number of nitrogens with one attached hydrogen (secondary N) is 1. The minimum atomic E-state index is -0.517. The maximum Gasteiger partial charge on any atom is 0.321 e. The first-order valence-electron chi connectivity index (χ1n) is 7.10. The summed E-state index contributed by atoms with van der Waals surface area (Å²) >= 11 is 5.91. The van der Waals surface area contributed by atoms with Gasteiger partial charge in [0.1, 0.15) is 5.82 Å². The molecule has 3 nitrogen and oxygen atoms in total. The first-order chi connectivity index (χ1) is 9.60. The van der Waals surface area contributed by atoms with E-state index in [1.807, 2.05) is 0 Å². The molecule has 2 amide bonds. The summed E-state index contributed by atoms with van der Waals surface area (Å²) < 4.78 is 13.7. The molecular weight excluding hydrogens is 279 g/mol. The monoisotopic (exact) mass is 300 g/mol. The van der Waals surface area contributed by atoms with Crippen LogP contribution in [0.2, 0.25) is 5.02 Å². The number of nitrogens with zero attached hydrogens (tertiary/aromatic N) is 1. The number of rotatable bonds is 7. The summed E-state index contributed by atoms with van der Waals surface area (Å²) in [5.74, 6) is -0.517. The number of unbranched alkanes of at least 4 members (excludes halogenated alkanes) is 2. The second-order valence-electron chi connectivity index (χ2n) is 4.72. The highest BCUT2D eigenvalue weighted by atomic mass is 35.5. The predicted octanol–water partition coefficient (Wildman–Crippen LogP) is 4.91. The fraction of sp³-hybridized carbons (Fsp3) is 0.533. The minimum absolute atomic E-state index is 0.0529. The van der Waals surface area contributed by atoms with Crippen LogP contribution in [0.4, 0.5) is 14.9 Å². The molecule has 1 aromatic rings. The zero-order chi connectivity index (χ0) is 15.0. The van der Waals surface area contributed by atoms with Crippen molar-refractivity contribution < 1.29 is 9.18 Å². The summed E-state index contributed by atoms with van der Waals surface area (Å²) in [6.07, 6.45) is 3.89. The third-order valence-corrected chi connectivity index (χ3v) is 3.36. The third-order valence-electron chi connectivity index (χ3n) is 3.05. The number of halogens is 2. The summed E-state index contributed by atoms with van der Waals surface area (Å²) in [6, 6.07) is 4.06. The lowest BCUT2D eigenvalue weighted by molar-refractivity contribution is 0.209. The molecule has 0 aliphatic carbocycles. The van der Waals surface area contributed by atoms with E-state index in [-0.39, 0.29) is 16.7 Å². The average Bonchev–Trinajstić information content (AvgIpc) is 2.43.